The molecule has 0 N–H and O–H groups in total. The Kier molecular flexibility index (Phi) is 3.24. The molecule has 0 spiro atoms. The van der Waals surface area contributed by atoms with Gasteiger partial charge in [-0.15, -0.1) is 0 Å². The van der Waals surface area contributed by atoms with Gasteiger partial charge in [0.25, 0.3) is 0 Å². The van der Waals surface area contributed by atoms with Crippen LogP contribution in [0.5, 0.6) is 0 Å². The number of hydrogen-bond donors (Lipinski definition) is 0. The molecule has 1 aromatic heterocycles. The molecule has 1 saturated heterocycles. The quantitative estimate of drug-likeness (QED) is 0.729. The zero-order valence-corrected chi connectivity index (χ0v) is 10.3. The number of hydrogen-bond acceptors (Lipinski definition) is 2. The van der Waals surface area contributed by atoms with Crippen molar-refractivity contribution < 1.29 is 4.39 Å². The van der Waals surface area contributed by atoms with Gasteiger partial charge in [-0.05, 0) is 48.2 Å². The molecule has 0 saturated carbocycles. The van der Waals surface area contributed by atoms with Crippen molar-refractivity contribution in [3.8, 4) is 0 Å². The lowest BCUT2D eigenvalue weighted by molar-refractivity contribution is 0.471. The summed E-state index contributed by atoms with van der Waals surface area (Å²) in [5.41, 5.74) is 0.622. The predicted octanol–water partition coefficient (Wildman–Crippen LogP) is 3.36. The molecule has 15 heavy (non-hydrogen) atoms. The van der Waals surface area contributed by atoms with Crippen LogP contribution in [0.25, 0.3) is 0 Å². The van der Waals surface area contributed by atoms with Gasteiger partial charge in [-0.2, -0.15) is 4.39 Å². The summed E-state index contributed by atoms with van der Waals surface area (Å²) in [6.07, 6.45) is 5.00. The lowest BCUT2D eigenvalue weighted by Gasteiger charge is -2.35. The molecule has 2 nitrogen and oxygen atoms in total. The first-order chi connectivity index (χ1) is 7.18. The van der Waals surface area contributed by atoms with Crippen LogP contribution in [0.15, 0.2) is 16.7 Å². The van der Waals surface area contributed by atoms with E-state index in [-0.39, 0.29) is 5.95 Å². The van der Waals surface area contributed by atoms with Crippen LogP contribution >= 0.6 is 15.9 Å². The van der Waals surface area contributed by atoms with E-state index in [0.717, 1.165) is 23.9 Å². The van der Waals surface area contributed by atoms with E-state index in [4.69, 9.17) is 0 Å². The third-order valence-corrected chi connectivity index (χ3v) is 3.33. The number of aromatic nitrogens is 1. The summed E-state index contributed by atoms with van der Waals surface area (Å²) >= 11 is 3.33. The number of piperidine rings is 1. The molecule has 82 valence electrons. The number of pyridine rings is 1. The summed E-state index contributed by atoms with van der Waals surface area (Å²) in [4.78, 5) is 5.84. The molecular formula is C11H14BrFN2. The maximum Gasteiger partial charge on any atom is 0.236 e. The molecule has 0 amide bonds. The van der Waals surface area contributed by atoms with Crippen LogP contribution in [0.4, 0.5) is 10.1 Å². The van der Waals surface area contributed by atoms with E-state index in [9.17, 15) is 4.39 Å². The fraction of sp³-hybridized carbons (Fsp3) is 0.545. The van der Waals surface area contributed by atoms with E-state index in [0.29, 0.717) is 11.7 Å². The Hall–Kier alpha value is -0.640. The minimum atomic E-state index is -0.369. The van der Waals surface area contributed by atoms with Crippen LogP contribution in [0.3, 0.4) is 0 Å². The Morgan fingerprint density at radius 3 is 3.07 bits per heavy atom. The van der Waals surface area contributed by atoms with Gasteiger partial charge in [0, 0.05) is 23.3 Å². The molecule has 0 aliphatic carbocycles. The van der Waals surface area contributed by atoms with Crippen LogP contribution < -0.4 is 4.90 Å². The molecule has 4 heteroatoms. The van der Waals surface area contributed by atoms with E-state index in [2.05, 4.69) is 32.7 Å². The highest BCUT2D eigenvalue weighted by atomic mass is 79.9. The van der Waals surface area contributed by atoms with Crippen molar-refractivity contribution in [2.45, 2.75) is 32.2 Å². The van der Waals surface area contributed by atoms with Crippen LogP contribution in [0.1, 0.15) is 26.2 Å². The van der Waals surface area contributed by atoms with Crippen LogP contribution in [-0.4, -0.2) is 17.6 Å². The van der Waals surface area contributed by atoms with Crippen LogP contribution in [-0.2, 0) is 0 Å². The van der Waals surface area contributed by atoms with Crippen molar-refractivity contribution in [1.82, 2.24) is 4.98 Å². The standard InChI is InChI=1S/C11H14BrFN2/c1-8-4-2-3-5-15(8)10-6-9(12)7-14-11(10)13/h6-8H,2-5H2,1H3/t8-/m0/s1. The van der Waals surface area contributed by atoms with E-state index in [1.807, 2.05) is 6.07 Å². The third-order valence-electron chi connectivity index (χ3n) is 2.90. The molecule has 0 radical (unpaired) electrons. The van der Waals surface area contributed by atoms with Gasteiger partial charge in [0.2, 0.25) is 5.95 Å². The summed E-state index contributed by atoms with van der Waals surface area (Å²) in [5, 5.41) is 0. The van der Waals surface area contributed by atoms with Gasteiger partial charge in [0.05, 0.1) is 5.69 Å². The Morgan fingerprint density at radius 2 is 2.33 bits per heavy atom. The van der Waals surface area contributed by atoms with Gasteiger partial charge < -0.3 is 4.90 Å². The lowest BCUT2D eigenvalue weighted by atomic mass is 10.0. The minimum Gasteiger partial charge on any atom is -0.365 e. The average Bonchev–Trinajstić information content (AvgIpc) is 2.23. The molecule has 1 aromatic rings. The Morgan fingerprint density at radius 1 is 1.53 bits per heavy atom. The first-order valence-corrected chi connectivity index (χ1v) is 6.05. The first-order valence-electron chi connectivity index (χ1n) is 5.26. The SMILES string of the molecule is C[C@H]1CCCCN1c1cc(Br)cnc1F. The smallest absolute Gasteiger partial charge is 0.236 e. The molecule has 2 rings (SSSR count). The van der Waals surface area contributed by atoms with Gasteiger partial charge in [-0.1, -0.05) is 0 Å². The summed E-state index contributed by atoms with van der Waals surface area (Å²) in [5.74, 6) is -0.369. The van der Waals surface area contributed by atoms with Crippen molar-refractivity contribution in [1.29, 1.82) is 0 Å². The Balaban J connectivity index is 2.30. The Labute approximate surface area is 97.6 Å². The summed E-state index contributed by atoms with van der Waals surface area (Å²) < 4.78 is 14.4. The highest BCUT2D eigenvalue weighted by molar-refractivity contribution is 9.10. The average molecular weight is 273 g/mol. The van der Waals surface area contributed by atoms with E-state index >= 15 is 0 Å². The monoisotopic (exact) mass is 272 g/mol. The van der Waals surface area contributed by atoms with E-state index in [1.165, 1.54) is 12.6 Å². The highest BCUT2D eigenvalue weighted by Gasteiger charge is 2.21. The van der Waals surface area contributed by atoms with E-state index < -0.39 is 0 Å². The number of halogens is 2. The normalized spacial score (nSPS) is 21.8. The van der Waals surface area contributed by atoms with Gasteiger partial charge in [0.15, 0.2) is 0 Å². The molecule has 0 unspecified atom stereocenters. The number of rotatable bonds is 1. The molecular weight excluding hydrogens is 259 g/mol. The van der Waals surface area contributed by atoms with Crippen LogP contribution in [0, 0.1) is 5.95 Å². The van der Waals surface area contributed by atoms with Gasteiger partial charge in [-0.3, -0.25) is 0 Å². The second kappa shape index (κ2) is 4.47. The fourth-order valence-corrected chi connectivity index (χ4v) is 2.39. The zero-order chi connectivity index (χ0) is 10.8. The molecule has 1 aliphatic heterocycles. The number of nitrogens with zero attached hydrogens (tertiary/aromatic N) is 2. The first kappa shape index (κ1) is 10.9. The van der Waals surface area contributed by atoms with Gasteiger partial charge in [0.1, 0.15) is 0 Å². The minimum absolute atomic E-state index is 0.369. The topological polar surface area (TPSA) is 16.1 Å². The molecule has 0 bridgehead atoms. The molecule has 1 aliphatic rings. The Bertz CT molecular complexity index is 356. The second-order valence-electron chi connectivity index (χ2n) is 4.00. The predicted molar refractivity (Wildman–Crippen MR) is 62.6 cm³/mol. The number of anilines is 1. The summed E-state index contributed by atoms with van der Waals surface area (Å²) in [6, 6.07) is 2.22. The van der Waals surface area contributed by atoms with Crippen molar-refractivity contribution in [2.24, 2.45) is 0 Å². The second-order valence-corrected chi connectivity index (χ2v) is 4.92. The fourth-order valence-electron chi connectivity index (χ4n) is 2.07. The molecule has 1 atom stereocenters. The van der Waals surface area contributed by atoms with Crippen molar-refractivity contribution in [2.75, 3.05) is 11.4 Å². The third kappa shape index (κ3) is 2.30. The molecule has 0 aromatic carbocycles. The van der Waals surface area contributed by atoms with E-state index in [1.54, 1.807) is 0 Å². The van der Waals surface area contributed by atoms with Gasteiger partial charge in [-0.25, -0.2) is 4.98 Å². The van der Waals surface area contributed by atoms with Gasteiger partial charge >= 0.3 is 0 Å². The largest absolute Gasteiger partial charge is 0.365 e. The van der Waals surface area contributed by atoms with Crippen LogP contribution in [0.2, 0.25) is 0 Å². The van der Waals surface area contributed by atoms with Crippen molar-refractivity contribution >= 4 is 21.6 Å². The maximum atomic E-state index is 13.6. The molecule has 2 heterocycles. The summed E-state index contributed by atoms with van der Waals surface area (Å²) in [6.45, 7) is 3.07. The summed E-state index contributed by atoms with van der Waals surface area (Å²) in [7, 11) is 0. The maximum absolute atomic E-state index is 13.6. The molecule has 1 fully saturated rings. The lowest BCUT2D eigenvalue weighted by Crippen LogP contribution is -2.38. The highest BCUT2D eigenvalue weighted by Crippen LogP contribution is 2.28. The van der Waals surface area contributed by atoms with Crippen molar-refractivity contribution in [3.63, 3.8) is 0 Å². The zero-order valence-electron chi connectivity index (χ0n) is 8.71. The van der Waals surface area contributed by atoms with Crippen molar-refractivity contribution in [3.05, 3.63) is 22.7 Å².